The number of carbonyl (C=O) groups is 1. The Hall–Kier alpha value is -2.10. The molecular formula is C11H8FNO2. The van der Waals surface area contributed by atoms with Crippen molar-refractivity contribution < 1.29 is 14.3 Å². The van der Waals surface area contributed by atoms with Crippen LogP contribution in [0.1, 0.15) is 5.69 Å². The summed E-state index contributed by atoms with van der Waals surface area (Å²) in [6, 6.07) is 6.13. The van der Waals surface area contributed by atoms with Crippen LogP contribution >= 0.6 is 0 Å². The van der Waals surface area contributed by atoms with Gasteiger partial charge >= 0.3 is 5.97 Å². The molecule has 1 aromatic heterocycles. The maximum Gasteiger partial charge on any atom is 0.328 e. The first-order valence-electron chi connectivity index (χ1n) is 4.34. The number of aliphatic carboxylic acids is 1. The molecule has 2 rings (SSSR count). The molecule has 0 spiro atoms. The molecule has 0 aliphatic heterocycles. The average molecular weight is 205 g/mol. The molecule has 0 aliphatic carbocycles. The lowest BCUT2D eigenvalue weighted by atomic mass is 10.2. The van der Waals surface area contributed by atoms with Gasteiger partial charge in [-0.2, -0.15) is 0 Å². The zero-order valence-electron chi connectivity index (χ0n) is 7.70. The van der Waals surface area contributed by atoms with Crippen LogP contribution < -0.4 is 0 Å². The number of halogens is 1. The largest absolute Gasteiger partial charge is 0.478 e. The van der Waals surface area contributed by atoms with E-state index in [9.17, 15) is 9.18 Å². The topological polar surface area (TPSA) is 53.1 Å². The summed E-state index contributed by atoms with van der Waals surface area (Å²) in [5, 5.41) is 9.28. The molecule has 0 saturated heterocycles. The van der Waals surface area contributed by atoms with Crippen LogP contribution in [-0.4, -0.2) is 16.1 Å². The quantitative estimate of drug-likeness (QED) is 0.739. The number of carboxylic acids is 1. The summed E-state index contributed by atoms with van der Waals surface area (Å²) in [5.41, 5.74) is 1.29. The summed E-state index contributed by atoms with van der Waals surface area (Å²) in [6.45, 7) is 0. The lowest BCUT2D eigenvalue weighted by molar-refractivity contribution is -0.131. The van der Waals surface area contributed by atoms with E-state index in [1.807, 2.05) is 0 Å². The van der Waals surface area contributed by atoms with Crippen molar-refractivity contribution in [3.05, 3.63) is 41.9 Å². The van der Waals surface area contributed by atoms with Gasteiger partial charge < -0.3 is 10.1 Å². The van der Waals surface area contributed by atoms with Crippen molar-refractivity contribution in [3.8, 4) is 0 Å². The van der Waals surface area contributed by atoms with Crippen LogP contribution in [0.2, 0.25) is 0 Å². The third-order valence-electron chi connectivity index (χ3n) is 2.01. The van der Waals surface area contributed by atoms with Crippen LogP contribution in [0.4, 0.5) is 4.39 Å². The second-order valence-corrected chi connectivity index (χ2v) is 3.13. The molecule has 0 fully saturated rings. The summed E-state index contributed by atoms with van der Waals surface area (Å²) in [5.74, 6) is -1.34. The Kier molecular flexibility index (Phi) is 2.25. The fourth-order valence-electron chi connectivity index (χ4n) is 1.37. The van der Waals surface area contributed by atoms with Gasteiger partial charge in [-0.3, -0.25) is 0 Å². The van der Waals surface area contributed by atoms with Crippen molar-refractivity contribution in [2.75, 3.05) is 0 Å². The SMILES string of the molecule is O=C(O)C=Cc1cc2ccc(F)cc2[nH]1. The lowest BCUT2D eigenvalue weighted by Gasteiger charge is -1.87. The van der Waals surface area contributed by atoms with E-state index in [0.717, 1.165) is 11.5 Å². The molecule has 15 heavy (non-hydrogen) atoms. The smallest absolute Gasteiger partial charge is 0.328 e. The standard InChI is InChI=1S/C11H8FNO2/c12-8-2-1-7-5-9(3-4-11(14)15)13-10(7)6-8/h1-6,13H,(H,14,15). The number of rotatable bonds is 2. The van der Waals surface area contributed by atoms with Crippen LogP contribution in [0.5, 0.6) is 0 Å². The number of H-pyrrole nitrogens is 1. The Labute approximate surface area is 84.8 Å². The molecule has 1 heterocycles. The molecule has 4 heteroatoms. The summed E-state index contributed by atoms with van der Waals surface area (Å²) < 4.78 is 12.8. The first-order chi connectivity index (χ1) is 7.15. The van der Waals surface area contributed by atoms with Gasteiger partial charge in [-0.15, -0.1) is 0 Å². The number of fused-ring (bicyclic) bond motifs is 1. The van der Waals surface area contributed by atoms with E-state index in [-0.39, 0.29) is 5.82 Å². The summed E-state index contributed by atoms with van der Waals surface area (Å²) in [6.07, 6.45) is 2.46. The van der Waals surface area contributed by atoms with Crippen LogP contribution in [0.15, 0.2) is 30.3 Å². The second kappa shape index (κ2) is 3.57. The number of hydrogen-bond acceptors (Lipinski definition) is 1. The Bertz CT molecular complexity index is 543. The highest BCUT2D eigenvalue weighted by atomic mass is 19.1. The molecule has 1 aromatic carbocycles. The van der Waals surface area contributed by atoms with E-state index in [1.165, 1.54) is 18.2 Å². The van der Waals surface area contributed by atoms with Gasteiger partial charge in [-0.25, -0.2) is 9.18 Å². The van der Waals surface area contributed by atoms with E-state index in [4.69, 9.17) is 5.11 Å². The van der Waals surface area contributed by atoms with E-state index < -0.39 is 5.97 Å². The molecule has 3 nitrogen and oxygen atoms in total. The Morgan fingerprint density at radius 1 is 1.40 bits per heavy atom. The monoisotopic (exact) mass is 205 g/mol. The van der Waals surface area contributed by atoms with Gasteiger partial charge in [-0.05, 0) is 30.3 Å². The Morgan fingerprint density at radius 3 is 2.93 bits per heavy atom. The van der Waals surface area contributed by atoms with Crippen molar-refractivity contribution in [3.63, 3.8) is 0 Å². The van der Waals surface area contributed by atoms with Crippen LogP contribution in [0.25, 0.3) is 17.0 Å². The molecule has 0 atom stereocenters. The highest BCUT2D eigenvalue weighted by Gasteiger charge is 1.99. The molecule has 76 valence electrons. The van der Waals surface area contributed by atoms with Gasteiger partial charge in [0.25, 0.3) is 0 Å². The van der Waals surface area contributed by atoms with Gasteiger partial charge in [0.15, 0.2) is 0 Å². The lowest BCUT2D eigenvalue weighted by Crippen LogP contribution is -1.85. The molecule has 2 N–H and O–H groups in total. The van der Waals surface area contributed by atoms with Gasteiger partial charge in [-0.1, -0.05) is 0 Å². The third-order valence-corrected chi connectivity index (χ3v) is 2.01. The molecule has 0 bridgehead atoms. The maximum absolute atomic E-state index is 12.8. The van der Waals surface area contributed by atoms with Crippen molar-refractivity contribution >= 4 is 22.9 Å². The summed E-state index contributed by atoms with van der Waals surface area (Å²) >= 11 is 0. The van der Waals surface area contributed by atoms with Crippen LogP contribution in [0, 0.1) is 5.82 Å². The van der Waals surface area contributed by atoms with E-state index >= 15 is 0 Å². The molecule has 0 aliphatic rings. The molecule has 0 unspecified atom stereocenters. The molecule has 0 amide bonds. The fourth-order valence-corrected chi connectivity index (χ4v) is 1.37. The number of benzene rings is 1. The fraction of sp³-hybridized carbons (Fsp3) is 0. The van der Waals surface area contributed by atoms with Crippen molar-refractivity contribution in [2.45, 2.75) is 0 Å². The summed E-state index contributed by atoms with van der Waals surface area (Å²) in [7, 11) is 0. The van der Waals surface area contributed by atoms with Crippen molar-refractivity contribution in [1.82, 2.24) is 4.98 Å². The summed E-state index contributed by atoms with van der Waals surface area (Å²) in [4.78, 5) is 13.2. The predicted molar refractivity (Wildman–Crippen MR) is 54.9 cm³/mol. The molecule has 0 radical (unpaired) electrons. The minimum Gasteiger partial charge on any atom is -0.478 e. The molecular weight excluding hydrogens is 197 g/mol. The number of aromatic amines is 1. The Balaban J connectivity index is 2.43. The molecule has 0 saturated carbocycles. The molecule has 2 aromatic rings. The van der Waals surface area contributed by atoms with Gasteiger partial charge in [0, 0.05) is 22.7 Å². The average Bonchev–Trinajstić information content (AvgIpc) is 2.56. The maximum atomic E-state index is 12.8. The van der Waals surface area contributed by atoms with E-state index in [1.54, 1.807) is 12.1 Å². The number of hydrogen-bond donors (Lipinski definition) is 2. The minimum absolute atomic E-state index is 0.321. The van der Waals surface area contributed by atoms with E-state index in [0.29, 0.717) is 11.2 Å². The van der Waals surface area contributed by atoms with Crippen LogP contribution in [0.3, 0.4) is 0 Å². The third kappa shape index (κ3) is 2.04. The van der Waals surface area contributed by atoms with Gasteiger partial charge in [0.2, 0.25) is 0 Å². The minimum atomic E-state index is -1.01. The second-order valence-electron chi connectivity index (χ2n) is 3.13. The van der Waals surface area contributed by atoms with Gasteiger partial charge in [0.05, 0.1) is 0 Å². The Morgan fingerprint density at radius 2 is 2.20 bits per heavy atom. The van der Waals surface area contributed by atoms with Crippen LogP contribution in [-0.2, 0) is 4.79 Å². The van der Waals surface area contributed by atoms with Gasteiger partial charge in [0.1, 0.15) is 5.82 Å². The highest BCUT2D eigenvalue weighted by Crippen LogP contribution is 2.17. The first kappa shape index (κ1) is 9.45. The normalized spacial score (nSPS) is 11.3. The zero-order valence-corrected chi connectivity index (χ0v) is 7.70. The zero-order chi connectivity index (χ0) is 10.8. The van der Waals surface area contributed by atoms with Crippen molar-refractivity contribution in [1.29, 1.82) is 0 Å². The number of nitrogens with one attached hydrogen (secondary N) is 1. The first-order valence-corrected chi connectivity index (χ1v) is 4.34. The number of aromatic nitrogens is 1. The number of carboxylic acid groups (broad SMARTS) is 1. The van der Waals surface area contributed by atoms with E-state index in [2.05, 4.69) is 4.98 Å². The highest BCUT2D eigenvalue weighted by molar-refractivity contribution is 5.88. The van der Waals surface area contributed by atoms with Crippen molar-refractivity contribution in [2.24, 2.45) is 0 Å². The predicted octanol–water partition coefficient (Wildman–Crippen LogP) is 2.40.